The largest absolute Gasteiger partial charge is 0.508 e. The van der Waals surface area contributed by atoms with Crippen molar-refractivity contribution >= 4 is 0 Å². The van der Waals surface area contributed by atoms with Crippen molar-refractivity contribution in [3.05, 3.63) is 76.3 Å². The summed E-state index contributed by atoms with van der Waals surface area (Å²) >= 11 is 0. The molecule has 0 bridgehead atoms. The van der Waals surface area contributed by atoms with Crippen molar-refractivity contribution in [1.82, 2.24) is 0 Å². The molecule has 2 heterocycles. The summed E-state index contributed by atoms with van der Waals surface area (Å²) in [4.78, 5) is 0. The number of aliphatic hydroxyl groups excluding tert-OH is 2. The lowest BCUT2D eigenvalue weighted by atomic mass is 9.77. The van der Waals surface area contributed by atoms with Crippen LogP contribution in [0.4, 0.5) is 0 Å². The van der Waals surface area contributed by atoms with Crippen LogP contribution in [-0.2, 0) is 6.42 Å². The van der Waals surface area contributed by atoms with E-state index in [1.165, 1.54) is 37.4 Å². The van der Waals surface area contributed by atoms with Crippen molar-refractivity contribution in [2.24, 2.45) is 0 Å². The molecule has 2 aliphatic rings. The zero-order valence-corrected chi connectivity index (χ0v) is 22.9. The predicted octanol–water partition coefficient (Wildman–Crippen LogP) is 3.00. The molecule has 44 heavy (non-hydrogen) atoms. The number of methoxy groups -OCH3 is 1. The summed E-state index contributed by atoms with van der Waals surface area (Å²) in [5.74, 6) is -5.51. The van der Waals surface area contributed by atoms with Crippen molar-refractivity contribution in [2.75, 3.05) is 7.11 Å². The Morgan fingerprint density at radius 3 is 1.95 bits per heavy atom. The number of ether oxygens (including phenoxy) is 3. The molecule has 1 unspecified atom stereocenters. The maximum Gasteiger partial charge on any atom is 0.202 e. The Kier molecular flexibility index (Phi) is 6.78. The van der Waals surface area contributed by atoms with Gasteiger partial charge >= 0.3 is 0 Å². The quantitative estimate of drug-likeness (QED) is 0.150. The number of phenolic OH excluding ortho intramolecular Hbond substituents is 8. The molecule has 0 spiro atoms. The smallest absolute Gasteiger partial charge is 0.202 e. The van der Waals surface area contributed by atoms with Gasteiger partial charge in [0.15, 0.2) is 35.2 Å². The Hall–Kier alpha value is -5.40. The molecule has 0 amide bonds. The zero-order valence-electron chi connectivity index (χ0n) is 22.9. The van der Waals surface area contributed by atoms with Gasteiger partial charge in [-0.05, 0) is 29.8 Å². The van der Waals surface area contributed by atoms with E-state index < -0.39 is 70.6 Å². The Labute approximate surface area is 248 Å². The molecule has 13 nitrogen and oxygen atoms in total. The number of aliphatic hydroxyl groups is 2. The van der Waals surface area contributed by atoms with Crippen LogP contribution in [0.3, 0.4) is 0 Å². The SMILES string of the molecule is COc1c(O)cc([C@H]2Oc3c(c(O)cc(O)c3C3c4c(O)cc(O)cc4O[C@H](c4ccc(O)c(O)c4)[C@@H]3O)C[C@H]2O)cc1O. The minimum Gasteiger partial charge on any atom is -0.508 e. The number of aromatic hydroxyl groups is 8. The summed E-state index contributed by atoms with van der Waals surface area (Å²) in [6.07, 6.45) is -5.72. The van der Waals surface area contributed by atoms with Crippen LogP contribution in [-0.4, -0.2) is 70.4 Å². The minimum absolute atomic E-state index is 0.0521. The second-order valence-corrected chi connectivity index (χ2v) is 10.7. The van der Waals surface area contributed by atoms with Gasteiger partial charge in [0.05, 0.1) is 19.1 Å². The fraction of sp³-hybridized carbons (Fsp3) is 0.226. The summed E-state index contributed by atoms with van der Waals surface area (Å²) in [6, 6.07) is 9.32. The molecule has 0 saturated carbocycles. The molecular weight excluding hydrogens is 580 g/mol. The van der Waals surface area contributed by atoms with Crippen LogP contribution in [0.2, 0.25) is 0 Å². The van der Waals surface area contributed by atoms with Crippen LogP contribution in [0.5, 0.6) is 63.2 Å². The van der Waals surface area contributed by atoms with E-state index >= 15 is 0 Å². The average molecular weight is 609 g/mol. The monoisotopic (exact) mass is 608 g/mol. The first-order chi connectivity index (χ1) is 20.9. The second kappa shape index (κ2) is 10.4. The first-order valence-corrected chi connectivity index (χ1v) is 13.3. The molecule has 0 saturated heterocycles. The van der Waals surface area contributed by atoms with Crippen LogP contribution >= 0.6 is 0 Å². The van der Waals surface area contributed by atoms with Crippen LogP contribution in [0.1, 0.15) is 45.9 Å². The lowest BCUT2D eigenvalue weighted by Gasteiger charge is -2.40. The molecule has 5 atom stereocenters. The summed E-state index contributed by atoms with van der Waals surface area (Å²) in [6.45, 7) is 0. The number of fused-ring (bicyclic) bond motifs is 2. The van der Waals surface area contributed by atoms with Gasteiger partial charge in [-0.3, -0.25) is 0 Å². The second-order valence-electron chi connectivity index (χ2n) is 10.7. The van der Waals surface area contributed by atoms with E-state index in [1.54, 1.807) is 0 Å². The summed E-state index contributed by atoms with van der Waals surface area (Å²) in [5.41, 5.74) is 0.190. The maximum atomic E-state index is 11.8. The number of phenols is 8. The van der Waals surface area contributed by atoms with Crippen LogP contribution < -0.4 is 14.2 Å². The van der Waals surface area contributed by atoms with Gasteiger partial charge in [0.1, 0.15) is 40.6 Å². The summed E-state index contributed by atoms with van der Waals surface area (Å²) < 4.78 is 17.1. The van der Waals surface area contributed by atoms with Gasteiger partial charge in [-0.15, -0.1) is 0 Å². The fourth-order valence-electron chi connectivity index (χ4n) is 5.98. The molecule has 230 valence electrons. The molecule has 6 rings (SSSR count). The molecule has 4 aromatic rings. The standard InChI is InChI=1S/C31H28O13/c1-42-31-20(38)5-12(6-21(31)39)28-22(40)9-14-16(34)10-19(37)25(30(14)44-28)26-24-18(36)7-13(32)8-23(24)43-29(27(26)41)11-2-3-15(33)17(35)4-11/h2-8,10,22,26-29,32-41H,9H2,1H3/t22-,26?,27-,28-,29-/m1/s1. The molecule has 0 fully saturated rings. The molecule has 10 N–H and O–H groups in total. The van der Waals surface area contributed by atoms with E-state index in [4.69, 9.17) is 14.2 Å². The van der Waals surface area contributed by atoms with Gasteiger partial charge in [0.25, 0.3) is 0 Å². The van der Waals surface area contributed by atoms with Crippen molar-refractivity contribution in [2.45, 2.75) is 36.8 Å². The first-order valence-electron chi connectivity index (χ1n) is 13.3. The van der Waals surface area contributed by atoms with Crippen LogP contribution in [0, 0.1) is 0 Å². The number of benzene rings is 4. The number of hydrogen-bond donors (Lipinski definition) is 10. The highest BCUT2D eigenvalue weighted by molar-refractivity contribution is 5.66. The van der Waals surface area contributed by atoms with E-state index in [-0.39, 0.29) is 57.2 Å². The van der Waals surface area contributed by atoms with Gasteiger partial charge in [-0.2, -0.15) is 0 Å². The molecular formula is C31H28O13. The van der Waals surface area contributed by atoms with Gasteiger partial charge in [-0.25, -0.2) is 0 Å². The molecule has 0 radical (unpaired) electrons. The van der Waals surface area contributed by atoms with Gasteiger partial charge in [0, 0.05) is 46.9 Å². The maximum absolute atomic E-state index is 11.8. The highest BCUT2D eigenvalue weighted by Gasteiger charge is 2.46. The molecule has 2 aliphatic heterocycles. The fourth-order valence-corrected chi connectivity index (χ4v) is 5.98. The number of rotatable bonds is 4. The third-order valence-corrected chi connectivity index (χ3v) is 7.95. The van der Waals surface area contributed by atoms with Crippen molar-refractivity contribution < 1.29 is 65.3 Å². The Morgan fingerprint density at radius 2 is 1.30 bits per heavy atom. The normalized spacial score (nSPS) is 22.3. The van der Waals surface area contributed by atoms with Crippen molar-refractivity contribution in [1.29, 1.82) is 0 Å². The molecule has 4 aromatic carbocycles. The Balaban J connectivity index is 1.55. The molecule has 13 heteroatoms. The van der Waals surface area contributed by atoms with E-state index in [2.05, 4.69) is 0 Å². The lowest BCUT2D eigenvalue weighted by molar-refractivity contribution is 0.00113. The zero-order chi connectivity index (χ0) is 31.6. The van der Waals surface area contributed by atoms with Crippen molar-refractivity contribution in [3.63, 3.8) is 0 Å². The van der Waals surface area contributed by atoms with Gasteiger partial charge < -0.3 is 65.3 Å². The number of hydrogen-bond acceptors (Lipinski definition) is 13. The minimum atomic E-state index is -1.62. The molecule has 0 aromatic heterocycles. The third kappa shape index (κ3) is 4.49. The predicted molar refractivity (Wildman–Crippen MR) is 150 cm³/mol. The van der Waals surface area contributed by atoms with E-state index in [1.807, 2.05) is 0 Å². The Bertz CT molecular complexity index is 1760. The molecule has 0 aliphatic carbocycles. The van der Waals surface area contributed by atoms with E-state index in [9.17, 15) is 51.1 Å². The third-order valence-electron chi connectivity index (χ3n) is 7.95. The van der Waals surface area contributed by atoms with Gasteiger partial charge in [0.2, 0.25) is 5.75 Å². The van der Waals surface area contributed by atoms with E-state index in [0.717, 1.165) is 18.2 Å². The summed E-state index contributed by atoms with van der Waals surface area (Å²) in [7, 11) is 1.24. The highest BCUT2D eigenvalue weighted by atomic mass is 16.5. The van der Waals surface area contributed by atoms with Crippen LogP contribution in [0.15, 0.2) is 48.5 Å². The van der Waals surface area contributed by atoms with Crippen molar-refractivity contribution in [3.8, 4) is 63.2 Å². The van der Waals surface area contributed by atoms with Crippen LogP contribution in [0.25, 0.3) is 0 Å². The Morgan fingerprint density at radius 1 is 0.636 bits per heavy atom. The topological polar surface area (TPSA) is 230 Å². The first kappa shape index (κ1) is 28.7. The van der Waals surface area contributed by atoms with E-state index in [0.29, 0.717) is 0 Å². The summed E-state index contributed by atoms with van der Waals surface area (Å²) in [5, 5.41) is 107. The van der Waals surface area contributed by atoms with Gasteiger partial charge in [-0.1, -0.05) is 6.07 Å². The average Bonchev–Trinajstić information content (AvgIpc) is 2.95. The lowest BCUT2D eigenvalue weighted by Crippen LogP contribution is -2.36. The highest BCUT2D eigenvalue weighted by Crippen LogP contribution is 2.57.